The Kier molecular flexibility index (Phi) is 2.96. The summed E-state index contributed by atoms with van der Waals surface area (Å²) in [5.41, 5.74) is 8.63. The second kappa shape index (κ2) is 3.66. The Morgan fingerprint density at radius 3 is 2.38 bits per heavy atom. The van der Waals surface area contributed by atoms with Crippen LogP contribution >= 0.6 is 12.4 Å². The van der Waals surface area contributed by atoms with Gasteiger partial charge in [-0.2, -0.15) is 0 Å². The molecule has 0 saturated carbocycles. The van der Waals surface area contributed by atoms with E-state index in [-0.39, 0.29) is 17.9 Å². The fraction of sp³-hybridized carbons (Fsp3) is 0.400. The lowest BCUT2D eigenvalue weighted by atomic mass is 9.83. The van der Waals surface area contributed by atoms with E-state index in [4.69, 9.17) is 5.73 Å². The number of hydrogen-bond acceptors (Lipinski definition) is 2. The van der Waals surface area contributed by atoms with Crippen molar-refractivity contribution >= 4 is 12.4 Å². The highest BCUT2D eigenvalue weighted by atomic mass is 35.5. The molecular weight excluding hydrogens is 184 g/mol. The van der Waals surface area contributed by atoms with Crippen LogP contribution in [0.25, 0.3) is 0 Å². The van der Waals surface area contributed by atoms with Crippen molar-refractivity contribution in [3.8, 4) is 0 Å². The highest BCUT2D eigenvalue weighted by Gasteiger charge is 2.34. The van der Waals surface area contributed by atoms with Gasteiger partial charge < -0.3 is 11.1 Å². The molecule has 1 aromatic carbocycles. The van der Waals surface area contributed by atoms with Crippen molar-refractivity contribution in [2.24, 2.45) is 5.73 Å². The molecule has 0 atom stereocenters. The van der Waals surface area contributed by atoms with Crippen molar-refractivity contribution in [1.29, 1.82) is 0 Å². The van der Waals surface area contributed by atoms with E-state index < -0.39 is 0 Å². The van der Waals surface area contributed by atoms with E-state index in [2.05, 4.69) is 30.4 Å². The van der Waals surface area contributed by atoms with E-state index in [0.29, 0.717) is 0 Å². The summed E-state index contributed by atoms with van der Waals surface area (Å²) in [5, 5.41) is 3.20. The Hall–Kier alpha value is -0.570. The van der Waals surface area contributed by atoms with E-state index in [1.54, 1.807) is 0 Å². The Morgan fingerprint density at radius 2 is 1.92 bits per heavy atom. The molecule has 3 N–H and O–H groups in total. The lowest BCUT2D eigenvalue weighted by Crippen LogP contribution is -2.63. The van der Waals surface area contributed by atoms with Gasteiger partial charge in [0.25, 0.3) is 0 Å². The standard InChI is InChI=1S/C10H14N2.ClH/c1-8-4-2-3-5-9(8)10(11)6-12-7-10;/h2-5,12H,6-7,11H2,1H3;1H. The molecule has 1 aliphatic rings. The van der Waals surface area contributed by atoms with Gasteiger partial charge in [0.05, 0.1) is 5.54 Å². The van der Waals surface area contributed by atoms with Gasteiger partial charge in [-0.15, -0.1) is 12.4 Å². The molecule has 1 aliphatic heterocycles. The van der Waals surface area contributed by atoms with Gasteiger partial charge in [-0.3, -0.25) is 0 Å². The van der Waals surface area contributed by atoms with Crippen LogP contribution in [-0.2, 0) is 5.54 Å². The Balaban J connectivity index is 0.000000845. The smallest absolute Gasteiger partial charge is 0.0664 e. The van der Waals surface area contributed by atoms with Crippen LogP contribution in [0, 0.1) is 6.92 Å². The maximum Gasteiger partial charge on any atom is 0.0664 e. The summed E-state index contributed by atoms with van der Waals surface area (Å²) in [6.45, 7) is 3.91. The zero-order valence-electron chi connectivity index (χ0n) is 7.71. The molecule has 0 aliphatic carbocycles. The van der Waals surface area contributed by atoms with Gasteiger partial charge in [-0.1, -0.05) is 24.3 Å². The summed E-state index contributed by atoms with van der Waals surface area (Å²) in [6.07, 6.45) is 0. The lowest BCUT2D eigenvalue weighted by molar-refractivity contribution is 0.286. The van der Waals surface area contributed by atoms with Crippen LogP contribution in [-0.4, -0.2) is 13.1 Å². The van der Waals surface area contributed by atoms with Gasteiger partial charge in [0.1, 0.15) is 0 Å². The first-order valence-electron chi connectivity index (χ1n) is 4.28. The zero-order valence-corrected chi connectivity index (χ0v) is 8.53. The van der Waals surface area contributed by atoms with E-state index in [1.165, 1.54) is 11.1 Å². The number of nitrogens with one attached hydrogen (secondary N) is 1. The molecule has 0 radical (unpaired) electrons. The Labute approximate surface area is 84.9 Å². The van der Waals surface area contributed by atoms with Crippen molar-refractivity contribution in [3.63, 3.8) is 0 Å². The molecule has 2 nitrogen and oxygen atoms in total. The van der Waals surface area contributed by atoms with Crippen molar-refractivity contribution in [2.45, 2.75) is 12.5 Å². The molecule has 3 heteroatoms. The minimum absolute atomic E-state index is 0. The van der Waals surface area contributed by atoms with E-state index in [0.717, 1.165) is 13.1 Å². The third-order valence-electron chi connectivity index (χ3n) is 2.56. The SMILES string of the molecule is Cc1ccccc1C1(N)CNC1.Cl. The summed E-state index contributed by atoms with van der Waals surface area (Å²) < 4.78 is 0. The molecule has 0 unspecified atom stereocenters. The molecule has 0 spiro atoms. The number of aryl methyl sites for hydroxylation is 1. The van der Waals surface area contributed by atoms with Crippen LogP contribution in [0.2, 0.25) is 0 Å². The summed E-state index contributed by atoms with van der Waals surface area (Å²) in [5.74, 6) is 0. The topological polar surface area (TPSA) is 38.0 Å². The molecule has 2 rings (SSSR count). The van der Waals surface area contributed by atoms with Crippen LogP contribution in [0.3, 0.4) is 0 Å². The number of halogens is 1. The van der Waals surface area contributed by atoms with Gasteiger partial charge in [-0.05, 0) is 18.1 Å². The van der Waals surface area contributed by atoms with Crippen molar-refractivity contribution < 1.29 is 0 Å². The second-order valence-electron chi connectivity index (χ2n) is 3.57. The monoisotopic (exact) mass is 198 g/mol. The van der Waals surface area contributed by atoms with Gasteiger partial charge in [0.2, 0.25) is 0 Å². The van der Waals surface area contributed by atoms with Crippen molar-refractivity contribution in [3.05, 3.63) is 35.4 Å². The minimum Gasteiger partial charge on any atom is -0.319 e. The summed E-state index contributed by atoms with van der Waals surface area (Å²) in [6, 6.07) is 8.34. The quantitative estimate of drug-likeness (QED) is 0.711. The molecule has 1 saturated heterocycles. The molecule has 72 valence electrons. The van der Waals surface area contributed by atoms with Crippen LogP contribution in [0.1, 0.15) is 11.1 Å². The molecule has 1 aromatic rings. The molecule has 0 amide bonds. The van der Waals surface area contributed by atoms with Gasteiger partial charge in [0, 0.05) is 13.1 Å². The fourth-order valence-corrected chi connectivity index (χ4v) is 1.72. The largest absolute Gasteiger partial charge is 0.319 e. The molecular formula is C10H15ClN2. The van der Waals surface area contributed by atoms with Crippen LogP contribution in [0.15, 0.2) is 24.3 Å². The van der Waals surface area contributed by atoms with E-state index in [9.17, 15) is 0 Å². The average Bonchev–Trinajstić information content (AvgIpc) is 2.01. The summed E-state index contributed by atoms with van der Waals surface area (Å²) in [4.78, 5) is 0. The molecule has 1 heterocycles. The number of benzene rings is 1. The van der Waals surface area contributed by atoms with Crippen molar-refractivity contribution in [2.75, 3.05) is 13.1 Å². The number of rotatable bonds is 1. The zero-order chi connectivity index (χ0) is 8.60. The van der Waals surface area contributed by atoms with Crippen LogP contribution < -0.4 is 11.1 Å². The summed E-state index contributed by atoms with van der Waals surface area (Å²) >= 11 is 0. The molecule has 0 bridgehead atoms. The average molecular weight is 199 g/mol. The third-order valence-corrected chi connectivity index (χ3v) is 2.56. The third kappa shape index (κ3) is 1.70. The Morgan fingerprint density at radius 1 is 1.31 bits per heavy atom. The minimum atomic E-state index is -0.106. The number of hydrogen-bond donors (Lipinski definition) is 2. The normalized spacial score (nSPS) is 18.6. The maximum absolute atomic E-state index is 6.16. The van der Waals surface area contributed by atoms with Gasteiger partial charge >= 0.3 is 0 Å². The van der Waals surface area contributed by atoms with E-state index >= 15 is 0 Å². The maximum atomic E-state index is 6.16. The van der Waals surface area contributed by atoms with Crippen LogP contribution in [0.5, 0.6) is 0 Å². The van der Waals surface area contributed by atoms with Crippen molar-refractivity contribution in [1.82, 2.24) is 5.32 Å². The highest BCUT2D eigenvalue weighted by Crippen LogP contribution is 2.24. The molecule has 1 fully saturated rings. The first kappa shape index (κ1) is 10.5. The van der Waals surface area contributed by atoms with Gasteiger partial charge in [-0.25, -0.2) is 0 Å². The summed E-state index contributed by atoms with van der Waals surface area (Å²) in [7, 11) is 0. The predicted molar refractivity (Wildman–Crippen MR) is 57.2 cm³/mol. The van der Waals surface area contributed by atoms with E-state index in [1.807, 2.05) is 6.07 Å². The predicted octanol–water partition coefficient (Wildman–Crippen LogP) is 1.17. The first-order chi connectivity index (χ1) is 5.72. The second-order valence-corrected chi connectivity index (χ2v) is 3.57. The van der Waals surface area contributed by atoms with Gasteiger partial charge in [0.15, 0.2) is 0 Å². The van der Waals surface area contributed by atoms with Crippen LogP contribution in [0.4, 0.5) is 0 Å². The Bertz CT molecular complexity index is 295. The fourth-order valence-electron chi connectivity index (χ4n) is 1.72. The molecule has 0 aromatic heterocycles. The first-order valence-corrected chi connectivity index (χ1v) is 4.28. The number of nitrogens with two attached hydrogens (primary N) is 1. The molecule has 13 heavy (non-hydrogen) atoms. The highest BCUT2D eigenvalue weighted by molar-refractivity contribution is 5.85. The lowest BCUT2D eigenvalue weighted by Gasteiger charge is -2.40.